The second-order valence-corrected chi connectivity index (χ2v) is 6.04. The van der Waals surface area contributed by atoms with Crippen LogP contribution in [0, 0.1) is 5.92 Å². The van der Waals surface area contributed by atoms with Crippen molar-refractivity contribution in [1.82, 2.24) is 0 Å². The van der Waals surface area contributed by atoms with Gasteiger partial charge in [0, 0.05) is 18.6 Å². The average Bonchev–Trinajstić information content (AvgIpc) is 3.30. The normalized spacial score (nSPS) is 34.9. The van der Waals surface area contributed by atoms with Crippen LogP contribution in [0.1, 0.15) is 25.3 Å². The Kier molecular flexibility index (Phi) is 4.20. The summed E-state index contributed by atoms with van der Waals surface area (Å²) in [5.74, 6) is 1.22. The molecule has 1 spiro atoms. The quantitative estimate of drug-likeness (QED) is 0.782. The Bertz CT molecular complexity index is 483. The van der Waals surface area contributed by atoms with Crippen molar-refractivity contribution in [2.24, 2.45) is 5.92 Å². The standard InChI is InChI=1S/C17H24O4/c1-12-16(15(19-3)8-9-17(12)11-21-17)20-10-13-6-4-5-7-14(13)18-2/h4-7,12,15-16H,8-11H2,1-3H3/t12-,15+,16-,17-/m0/s1. The van der Waals surface area contributed by atoms with Crippen LogP contribution in [0.2, 0.25) is 0 Å². The van der Waals surface area contributed by atoms with Crippen molar-refractivity contribution in [3.05, 3.63) is 29.8 Å². The second kappa shape index (κ2) is 5.95. The van der Waals surface area contributed by atoms with E-state index >= 15 is 0 Å². The fourth-order valence-corrected chi connectivity index (χ4v) is 3.41. The zero-order valence-corrected chi connectivity index (χ0v) is 13.0. The van der Waals surface area contributed by atoms with Crippen LogP contribution in [0.15, 0.2) is 24.3 Å². The summed E-state index contributed by atoms with van der Waals surface area (Å²) in [4.78, 5) is 0. The SMILES string of the molecule is COc1ccccc1CO[C@@H]1[C@H](OC)CC[C@]2(CO2)[C@H]1C. The van der Waals surface area contributed by atoms with E-state index in [0.29, 0.717) is 12.5 Å². The molecule has 0 amide bonds. The van der Waals surface area contributed by atoms with E-state index in [2.05, 4.69) is 6.92 Å². The van der Waals surface area contributed by atoms with Gasteiger partial charge in [0.15, 0.2) is 0 Å². The van der Waals surface area contributed by atoms with E-state index in [1.54, 1.807) is 14.2 Å². The first-order valence-electron chi connectivity index (χ1n) is 7.60. The molecule has 0 radical (unpaired) electrons. The van der Waals surface area contributed by atoms with Gasteiger partial charge >= 0.3 is 0 Å². The third-order valence-electron chi connectivity index (χ3n) is 4.98. The maximum atomic E-state index is 6.22. The van der Waals surface area contributed by atoms with Crippen molar-refractivity contribution in [2.75, 3.05) is 20.8 Å². The molecule has 21 heavy (non-hydrogen) atoms. The highest BCUT2D eigenvalue weighted by atomic mass is 16.6. The van der Waals surface area contributed by atoms with Gasteiger partial charge < -0.3 is 18.9 Å². The molecule has 4 atom stereocenters. The Hall–Kier alpha value is -1.10. The fraction of sp³-hybridized carbons (Fsp3) is 0.647. The van der Waals surface area contributed by atoms with Crippen molar-refractivity contribution < 1.29 is 18.9 Å². The van der Waals surface area contributed by atoms with E-state index in [1.807, 2.05) is 24.3 Å². The van der Waals surface area contributed by atoms with E-state index in [-0.39, 0.29) is 17.8 Å². The van der Waals surface area contributed by atoms with E-state index in [0.717, 1.165) is 30.8 Å². The molecule has 2 aliphatic rings. The summed E-state index contributed by atoms with van der Waals surface area (Å²) in [5.41, 5.74) is 1.11. The molecular weight excluding hydrogens is 268 g/mol. The Morgan fingerprint density at radius 1 is 1.29 bits per heavy atom. The predicted molar refractivity (Wildman–Crippen MR) is 79.4 cm³/mol. The number of methoxy groups -OCH3 is 2. The Morgan fingerprint density at radius 2 is 2.05 bits per heavy atom. The lowest BCUT2D eigenvalue weighted by atomic mass is 9.76. The molecule has 2 fully saturated rings. The van der Waals surface area contributed by atoms with Crippen molar-refractivity contribution in [2.45, 2.75) is 44.2 Å². The molecule has 1 saturated carbocycles. The third-order valence-corrected chi connectivity index (χ3v) is 4.98. The molecule has 4 nitrogen and oxygen atoms in total. The van der Waals surface area contributed by atoms with E-state index in [1.165, 1.54) is 0 Å². The average molecular weight is 292 g/mol. The van der Waals surface area contributed by atoms with Gasteiger partial charge in [-0.15, -0.1) is 0 Å². The molecule has 4 heteroatoms. The number of rotatable bonds is 5. The number of benzene rings is 1. The van der Waals surface area contributed by atoms with Gasteiger partial charge in [-0.2, -0.15) is 0 Å². The second-order valence-electron chi connectivity index (χ2n) is 6.04. The lowest BCUT2D eigenvalue weighted by molar-refractivity contribution is -0.127. The van der Waals surface area contributed by atoms with Gasteiger partial charge in [-0.05, 0) is 18.9 Å². The van der Waals surface area contributed by atoms with E-state index < -0.39 is 0 Å². The van der Waals surface area contributed by atoms with Gasteiger partial charge in [0.05, 0.1) is 38.1 Å². The van der Waals surface area contributed by atoms with Gasteiger partial charge in [0.1, 0.15) is 5.75 Å². The molecule has 1 aromatic carbocycles. The molecule has 0 N–H and O–H groups in total. The largest absolute Gasteiger partial charge is 0.496 e. The van der Waals surface area contributed by atoms with Crippen molar-refractivity contribution >= 4 is 0 Å². The van der Waals surface area contributed by atoms with Gasteiger partial charge in [-0.25, -0.2) is 0 Å². The highest BCUT2D eigenvalue weighted by Gasteiger charge is 2.56. The number of hydrogen-bond donors (Lipinski definition) is 0. The van der Waals surface area contributed by atoms with E-state index in [4.69, 9.17) is 18.9 Å². The molecule has 1 aliphatic heterocycles. The summed E-state index contributed by atoms with van der Waals surface area (Å²) in [6.45, 7) is 3.61. The van der Waals surface area contributed by atoms with Gasteiger partial charge in [0.25, 0.3) is 0 Å². The monoisotopic (exact) mass is 292 g/mol. The lowest BCUT2D eigenvalue weighted by Gasteiger charge is -2.39. The first-order valence-corrected chi connectivity index (χ1v) is 7.60. The van der Waals surface area contributed by atoms with Crippen LogP contribution < -0.4 is 4.74 Å². The number of epoxide rings is 1. The molecule has 3 rings (SSSR count). The molecule has 0 aromatic heterocycles. The highest BCUT2D eigenvalue weighted by Crippen LogP contribution is 2.47. The van der Waals surface area contributed by atoms with Gasteiger partial charge in [-0.3, -0.25) is 0 Å². The summed E-state index contributed by atoms with van der Waals surface area (Å²) in [7, 11) is 3.45. The lowest BCUT2D eigenvalue weighted by Crippen LogP contribution is -2.48. The Labute approximate surface area is 126 Å². The first-order chi connectivity index (χ1) is 10.2. The molecule has 1 heterocycles. The maximum absolute atomic E-state index is 6.22. The van der Waals surface area contributed by atoms with Crippen LogP contribution in [-0.4, -0.2) is 38.6 Å². The Morgan fingerprint density at radius 3 is 2.71 bits per heavy atom. The van der Waals surface area contributed by atoms with Gasteiger partial charge in [-0.1, -0.05) is 25.1 Å². The molecule has 0 bridgehead atoms. The van der Waals surface area contributed by atoms with E-state index in [9.17, 15) is 0 Å². The minimum absolute atomic E-state index is 0.0421. The third kappa shape index (κ3) is 2.80. The van der Waals surface area contributed by atoms with Crippen molar-refractivity contribution in [1.29, 1.82) is 0 Å². The summed E-state index contributed by atoms with van der Waals surface area (Å²) in [5, 5.41) is 0. The van der Waals surface area contributed by atoms with Gasteiger partial charge in [0.2, 0.25) is 0 Å². The summed E-state index contributed by atoms with van der Waals surface area (Å²) in [6, 6.07) is 7.97. The molecule has 0 unspecified atom stereocenters. The summed E-state index contributed by atoms with van der Waals surface area (Å²) >= 11 is 0. The van der Waals surface area contributed by atoms with Crippen LogP contribution in [-0.2, 0) is 20.8 Å². The fourth-order valence-electron chi connectivity index (χ4n) is 3.41. The molecular formula is C17H24O4. The highest BCUT2D eigenvalue weighted by molar-refractivity contribution is 5.32. The Balaban J connectivity index is 1.69. The number of hydrogen-bond acceptors (Lipinski definition) is 4. The minimum Gasteiger partial charge on any atom is -0.496 e. The summed E-state index contributed by atoms with van der Waals surface area (Å²) < 4.78 is 22.9. The van der Waals surface area contributed by atoms with Crippen LogP contribution in [0.25, 0.3) is 0 Å². The zero-order valence-electron chi connectivity index (χ0n) is 13.0. The topological polar surface area (TPSA) is 40.2 Å². The smallest absolute Gasteiger partial charge is 0.124 e. The number of ether oxygens (including phenoxy) is 4. The van der Waals surface area contributed by atoms with Crippen molar-refractivity contribution in [3.8, 4) is 5.75 Å². The molecule has 1 saturated heterocycles. The zero-order chi connectivity index (χ0) is 14.9. The predicted octanol–water partition coefficient (Wildman–Crippen LogP) is 2.79. The van der Waals surface area contributed by atoms with Crippen LogP contribution in [0.3, 0.4) is 0 Å². The molecule has 1 aromatic rings. The van der Waals surface area contributed by atoms with Crippen molar-refractivity contribution in [3.63, 3.8) is 0 Å². The summed E-state index contributed by atoms with van der Waals surface area (Å²) in [6.07, 6.45) is 2.28. The minimum atomic E-state index is 0.0421. The van der Waals surface area contributed by atoms with Crippen LogP contribution in [0.4, 0.5) is 0 Å². The molecule has 1 aliphatic carbocycles. The van der Waals surface area contributed by atoms with Crippen LogP contribution in [0.5, 0.6) is 5.75 Å². The number of para-hydroxylation sites is 1. The first kappa shape index (κ1) is 14.8. The van der Waals surface area contributed by atoms with Crippen LogP contribution >= 0.6 is 0 Å². The maximum Gasteiger partial charge on any atom is 0.124 e. The molecule has 116 valence electrons.